The molecule has 0 radical (unpaired) electrons. The molecule has 1 aliphatic rings. The van der Waals surface area contributed by atoms with E-state index in [1.165, 1.54) is 11.1 Å². The topological polar surface area (TPSA) is 38.3 Å². The summed E-state index contributed by atoms with van der Waals surface area (Å²) in [6, 6.07) is 8.34. The number of nitrogens with one attached hydrogen (secondary N) is 1. The number of carbonyl (C=O) groups is 1. The molecule has 0 amide bonds. The lowest BCUT2D eigenvalue weighted by Crippen LogP contribution is -2.40. The molecule has 1 saturated carbocycles. The maximum atomic E-state index is 11.7. The van der Waals surface area contributed by atoms with Gasteiger partial charge in [-0.1, -0.05) is 29.8 Å². The Morgan fingerprint density at radius 1 is 1.35 bits per heavy atom. The molecule has 1 fully saturated rings. The van der Waals surface area contributed by atoms with Gasteiger partial charge in [0, 0.05) is 6.54 Å². The summed E-state index contributed by atoms with van der Waals surface area (Å²) in [5.41, 5.74) is 2.05. The van der Waals surface area contributed by atoms with Crippen LogP contribution in [0.1, 0.15) is 30.9 Å². The molecular formula is C14H19NO2. The van der Waals surface area contributed by atoms with Crippen LogP contribution in [0.5, 0.6) is 0 Å². The Kier molecular flexibility index (Phi) is 3.48. The Labute approximate surface area is 102 Å². The van der Waals surface area contributed by atoms with Gasteiger partial charge in [0.05, 0.1) is 6.61 Å². The number of hydrogen-bond acceptors (Lipinski definition) is 3. The van der Waals surface area contributed by atoms with Crippen LogP contribution in [0.4, 0.5) is 0 Å². The van der Waals surface area contributed by atoms with Gasteiger partial charge in [-0.25, -0.2) is 0 Å². The van der Waals surface area contributed by atoms with Gasteiger partial charge in [-0.3, -0.25) is 10.1 Å². The molecular weight excluding hydrogens is 214 g/mol. The van der Waals surface area contributed by atoms with Crippen LogP contribution in [0.15, 0.2) is 24.3 Å². The summed E-state index contributed by atoms with van der Waals surface area (Å²) >= 11 is 0. The SMILES string of the molecule is CCOC(=O)C1(NCc2ccc(C)cc2)CC1. The number of benzene rings is 1. The summed E-state index contributed by atoms with van der Waals surface area (Å²) in [7, 11) is 0. The number of hydrogen-bond donors (Lipinski definition) is 1. The third kappa shape index (κ3) is 2.86. The first kappa shape index (κ1) is 12.1. The van der Waals surface area contributed by atoms with Gasteiger partial charge in [0.2, 0.25) is 0 Å². The van der Waals surface area contributed by atoms with Crippen LogP contribution in [0.25, 0.3) is 0 Å². The normalized spacial score (nSPS) is 16.6. The quantitative estimate of drug-likeness (QED) is 0.792. The first-order valence-electron chi connectivity index (χ1n) is 6.14. The molecule has 2 rings (SSSR count). The zero-order valence-corrected chi connectivity index (χ0v) is 10.5. The first-order valence-corrected chi connectivity index (χ1v) is 6.14. The van der Waals surface area contributed by atoms with Crippen molar-refractivity contribution in [1.29, 1.82) is 0 Å². The molecule has 0 aromatic heterocycles. The van der Waals surface area contributed by atoms with E-state index in [1.807, 2.05) is 6.92 Å². The number of aryl methyl sites for hydroxylation is 1. The lowest BCUT2D eigenvalue weighted by atomic mass is 10.1. The van der Waals surface area contributed by atoms with Gasteiger partial charge in [-0.05, 0) is 32.3 Å². The van der Waals surface area contributed by atoms with Crippen molar-refractivity contribution in [2.24, 2.45) is 0 Å². The molecule has 92 valence electrons. The molecule has 1 aromatic rings. The number of ether oxygens (including phenoxy) is 1. The number of rotatable bonds is 5. The van der Waals surface area contributed by atoms with Gasteiger partial charge in [-0.15, -0.1) is 0 Å². The molecule has 17 heavy (non-hydrogen) atoms. The zero-order chi connectivity index (χ0) is 12.3. The van der Waals surface area contributed by atoms with Crippen LogP contribution in [-0.4, -0.2) is 18.1 Å². The monoisotopic (exact) mass is 233 g/mol. The second kappa shape index (κ2) is 4.88. The van der Waals surface area contributed by atoms with Crippen molar-refractivity contribution in [2.45, 2.75) is 38.8 Å². The van der Waals surface area contributed by atoms with E-state index in [0.717, 1.165) is 19.4 Å². The fraction of sp³-hybridized carbons (Fsp3) is 0.500. The van der Waals surface area contributed by atoms with Crippen molar-refractivity contribution in [2.75, 3.05) is 6.61 Å². The van der Waals surface area contributed by atoms with Gasteiger partial charge in [0.1, 0.15) is 5.54 Å². The Morgan fingerprint density at radius 2 is 2.00 bits per heavy atom. The second-order valence-electron chi connectivity index (χ2n) is 4.64. The molecule has 3 nitrogen and oxygen atoms in total. The molecule has 0 bridgehead atoms. The van der Waals surface area contributed by atoms with E-state index in [1.54, 1.807) is 0 Å². The fourth-order valence-corrected chi connectivity index (χ4v) is 1.82. The minimum atomic E-state index is -0.402. The van der Waals surface area contributed by atoms with Gasteiger partial charge in [-0.2, -0.15) is 0 Å². The van der Waals surface area contributed by atoms with Gasteiger partial charge < -0.3 is 4.74 Å². The summed E-state index contributed by atoms with van der Waals surface area (Å²) in [6.07, 6.45) is 1.77. The summed E-state index contributed by atoms with van der Waals surface area (Å²) in [4.78, 5) is 11.7. The molecule has 0 atom stereocenters. The molecule has 0 saturated heterocycles. The van der Waals surface area contributed by atoms with E-state index in [-0.39, 0.29) is 5.97 Å². The van der Waals surface area contributed by atoms with Crippen molar-refractivity contribution < 1.29 is 9.53 Å². The number of carbonyl (C=O) groups excluding carboxylic acids is 1. The van der Waals surface area contributed by atoms with Crippen LogP contribution < -0.4 is 5.32 Å². The average molecular weight is 233 g/mol. The smallest absolute Gasteiger partial charge is 0.326 e. The Bertz CT molecular complexity index is 393. The summed E-state index contributed by atoms with van der Waals surface area (Å²) in [5.74, 6) is -0.105. The van der Waals surface area contributed by atoms with E-state index < -0.39 is 5.54 Å². The maximum Gasteiger partial charge on any atom is 0.326 e. The second-order valence-corrected chi connectivity index (χ2v) is 4.64. The minimum Gasteiger partial charge on any atom is -0.465 e. The maximum absolute atomic E-state index is 11.7. The molecule has 0 aliphatic heterocycles. The summed E-state index contributed by atoms with van der Waals surface area (Å²) < 4.78 is 5.08. The third-order valence-corrected chi connectivity index (χ3v) is 3.17. The standard InChI is InChI=1S/C14H19NO2/c1-3-17-13(16)14(8-9-14)15-10-12-6-4-11(2)5-7-12/h4-7,15H,3,8-10H2,1-2H3. The van der Waals surface area contributed by atoms with Crippen LogP contribution in [0.2, 0.25) is 0 Å². The molecule has 0 heterocycles. The van der Waals surface area contributed by atoms with Crippen LogP contribution in [0.3, 0.4) is 0 Å². The largest absolute Gasteiger partial charge is 0.465 e. The third-order valence-electron chi connectivity index (χ3n) is 3.17. The molecule has 1 aliphatic carbocycles. The van der Waals surface area contributed by atoms with Crippen molar-refractivity contribution in [1.82, 2.24) is 5.32 Å². The van der Waals surface area contributed by atoms with Gasteiger partial charge in [0.25, 0.3) is 0 Å². The highest BCUT2D eigenvalue weighted by Crippen LogP contribution is 2.36. The van der Waals surface area contributed by atoms with Crippen molar-refractivity contribution in [3.05, 3.63) is 35.4 Å². The highest BCUT2D eigenvalue weighted by Gasteiger charge is 2.50. The van der Waals surface area contributed by atoms with E-state index in [9.17, 15) is 4.79 Å². The van der Waals surface area contributed by atoms with Crippen molar-refractivity contribution in [3.63, 3.8) is 0 Å². The predicted molar refractivity (Wildman–Crippen MR) is 66.6 cm³/mol. The minimum absolute atomic E-state index is 0.105. The molecule has 0 spiro atoms. The Morgan fingerprint density at radius 3 is 2.53 bits per heavy atom. The van der Waals surface area contributed by atoms with Crippen molar-refractivity contribution in [3.8, 4) is 0 Å². The first-order chi connectivity index (χ1) is 8.16. The van der Waals surface area contributed by atoms with E-state index >= 15 is 0 Å². The van der Waals surface area contributed by atoms with Gasteiger partial charge in [0.15, 0.2) is 0 Å². The number of esters is 1. The lowest BCUT2D eigenvalue weighted by molar-refractivity contribution is -0.147. The predicted octanol–water partition coefficient (Wildman–Crippen LogP) is 2.18. The highest BCUT2D eigenvalue weighted by molar-refractivity contribution is 5.84. The zero-order valence-electron chi connectivity index (χ0n) is 10.5. The van der Waals surface area contributed by atoms with Crippen molar-refractivity contribution >= 4 is 5.97 Å². The summed E-state index contributed by atoms with van der Waals surface area (Å²) in [5, 5.41) is 3.32. The molecule has 0 unspecified atom stereocenters. The fourth-order valence-electron chi connectivity index (χ4n) is 1.82. The molecule has 1 aromatic carbocycles. The molecule has 3 heteroatoms. The van der Waals surface area contributed by atoms with E-state index in [0.29, 0.717) is 6.61 Å². The Balaban J connectivity index is 1.90. The lowest BCUT2D eigenvalue weighted by Gasteiger charge is -2.15. The van der Waals surface area contributed by atoms with Crippen LogP contribution in [-0.2, 0) is 16.1 Å². The molecule has 1 N–H and O–H groups in total. The van der Waals surface area contributed by atoms with Crippen LogP contribution >= 0.6 is 0 Å². The highest BCUT2D eigenvalue weighted by atomic mass is 16.5. The van der Waals surface area contributed by atoms with Gasteiger partial charge >= 0.3 is 5.97 Å². The summed E-state index contributed by atoms with van der Waals surface area (Å²) in [6.45, 7) is 5.08. The average Bonchev–Trinajstić information content (AvgIpc) is 3.10. The van der Waals surface area contributed by atoms with E-state index in [4.69, 9.17) is 4.74 Å². The Hall–Kier alpha value is -1.35. The van der Waals surface area contributed by atoms with E-state index in [2.05, 4.69) is 36.5 Å². The van der Waals surface area contributed by atoms with Crippen LogP contribution in [0, 0.1) is 6.92 Å².